The Morgan fingerprint density at radius 3 is 2.80 bits per heavy atom. The molecule has 0 aliphatic carbocycles. The third-order valence-electron chi connectivity index (χ3n) is 1.63. The average Bonchev–Trinajstić information content (AvgIpc) is 2.71. The summed E-state index contributed by atoms with van der Waals surface area (Å²) in [5, 5.41) is 2.43. The highest BCUT2D eigenvalue weighted by Gasteiger charge is 2.31. The molecule has 1 heterocycles. The molecular weight excluding hydrogens is 202 g/mol. The van der Waals surface area contributed by atoms with Gasteiger partial charge in [-0.2, -0.15) is 0 Å². The summed E-state index contributed by atoms with van der Waals surface area (Å²) < 4.78 is 9.27. The zero-order chi connectivity index (χ0) is 11.3. The Morgan fingerprint density at radius 2 is 2.33 bits per heavy atom. The van der Waals surface area contributed by atoms with E-state index in [0.29, 0.717) is 0 Å². The normalized spacial score (nSPS) is 11.8. The number of hydrogen-bond donors (Lipinski definition) is 0. The summed E-state index contributed by atoms with van der Waals surface area (Å²) in [4.78, 5) is 32.9. The van der Waals surface area contributed by atoms with E-state index in [1.54, 1.807) is 6.92 Å². The smallest absolute Gasteiger partial charge is 0.342 e. The lowest BCUT2D eigenvalue weighted by molar-refractivity contribution is -0.143. The molecule has 15 heavy (non-hydrogen) atoms. The minimum absolute atomic E-state index is 0.0797. The molecule has 1 unspecified atom stereocenters. The van der Waals surface area contributed by atoms with Gasteiger partial charge in [-0.3, -0.25) is 4.79 Å². The molecule has 80 valence electrons. The Hall–Kier alpha value is -1.98. The summed E-state index contributed by atoms with van der Waals surface area (Å²) in [5.41, 5.74) is 0. The Kier molecular flexibility index (Phi) is 3.73. The first-order valence-corrected chi connectivity index (χ1v) is 4.27. The first-order chi connectivity index (χ1) is 7.20. The lowest BCUT2D eigenvalue weighted by Gasteiger charge is -2.04. The van der Waals surface area contributed by atoms with Crippen molar-refractivity contribution in [2.75, 3.05) is 6.61 Å². The van der Waals surface area contributed by atoms with Gasteiger partial charge in [-0.15, -0.1) is 4.91 Å². The molecule has 0 amide bonds. The Bertz CT molecular complexity index is 357. The van der Waals surface area contributed by atoms with E-state index in [9.17, 15) is 14.5 Å². The molecule has 6 heteroatoms. The molecule has 0 saturated carbocycles. The van der Waals surface area contributed by atoms with Crippen molar-refractivity contribution in [2.45, 2.75) is 13.0 Å². The average molecular weight is 211 g/mol. The number of ether oxygens (including phenoxy) is 1. The number of rotatable bonds is 5. The quantitative estimate of drug-likeness (QED) is 0.315. The van der Waals surface area contributed by atoms with Gasteiger partial charge in [0.15, 0.2) is 5.76 Å². The van der Waals surface area contributed by atoms with Crippen LogP contribution in [-0.2, 0) is 9.53 Å². The molecule has 1 aromatic rings. The zero-order valence-corrected chi connectivity index (χ0v) is 8.00. The highest BCUT2D eigenvalue weighted by atomic mass is 16.5. The SMILES string of the molecule is CCOC(=O)C(N=O)C(=O)c1ccco1. The van der Waals surface area contributed by atoms with Crippen LogP contribution in [0.25, 0.3) is 0 Å². The summed E-state index contributed by atoms with van der Waals surface area (Å²) >= 11 is 0. The van der Waals surface area contributed by atoms with Gasteiger partial charge in [0.2, 0.25) is 5.78 Å². The molecule has 0 aromatic carbocycles. The maximum absolute atomic E-state index is 11.5. The number of nitrogens with zero attached hydrogens (tertiary/aromatic N) is 1. The second kappa shape index (κ2) is 5.04. The van der Waals surface area contributed by atoms with Gasteiger partial charge < -0.3 is 9.15 Å². The summed E-state index contributed by atoms with van der Waals surface area (Å²) in [6, 6.07) is 1.14. The molecule has 0 fully saturated rings. The van der Waals surface area contributed by atoms with Crippen LogP contribution in [0.2, 0.25) is 0 Å². The first-order valence-electron chi connectivity index (χ1n) is 4.27. The van der Waals surface area contributed by atoms with Gasteiger partial charge in [-0.25, -0.2) is 4.79 Å². The number of hydrogen-bond acceptors (Lipinski definition) is 6. The summed E-state index contributed by atoms with van der Waals surface area (Å²) in [6.45, 7) is 1.65. The molecule has 1 aromatic heterocycles. The van der Waals surface area contributed by atoms with Crippen LogP contribution in [-0.4, -0.2) is 24.4 Å². The van der Waals surface area contributed by atoms with Gasteiger partial charge in [-0.1, -0.05) is 0 Å². The fourth-order valence-corrected chi connectivity index (χ4v) is 0.973. The molecule has 0 aliphatic heterocycles. The van der Waals surface area contributed by atoms with E-state index in [-0.39, 0.29) is 12.4 Å². The van der Waals surface area contributed by atoms with E-state index in [1.807, 2.05) is 0 Å². The third-order valence-corrected chi connectivity index (χ3v) is 1.63. The number of furan rings is 1. The number of esters is 1. The van der Waals surface area contributed by atoms with Crippen LogP contribution < -0.4 is 0 Å². The zero-order valence-electron chi connectivity index (χ0n) is 8.00. The van der Waals surface area contributed by atoms with Crippen molar-refractivity contribution in [1.82, 2.24) is 0 Å². The maximum Gasteiger partial charge on any atom is 0.342 e. The van der Waals surface area contributed by atoms with Crippen LogP contribution in [0.15, 0.2) is 28.0 Å². The van der Waals surface area contributed by atoms with E-state index in [2.05, 4.69) is 9.91 Å². The lowest BCUT2D eigenvalue weighted by Crippen LogP contribution is -2.29. The summed E-state index contributed by atoms with van der Waals surface area (Å²) in [7, 11) is 0. The van der Waals surface area contributed by atoms with Crippen molar-refractivity contribution < 1.29 is 18.7 Å². The lowest BCUT2D eigenvalue weighted by atomic mass is 10.1. The largest absolute Gasteiger partial charge is 0.464 e. The molecule has 6 nitrogen and oxygen atoms in total. The van der Waals surface area contributed by atoms with E-state index < -0.39 is 17.8 Å². The van der Waals surface area contributed by atoms with Crippen molar-refractivity contribution in [2.24, 2.45) is 5.18 Å². The number of carbonyl (C=O) groups is 2. The molecule has 1 atom stereocenters. The maximum atomic E-state index is 11.5. The second-order valence-corrected chi connectivity index (χ2v) is 2.60. The third kappa shape index (κ3) is 2.49. The van der Waals surface area contributed by atoms with E-state index in [1.165, 1.54) is 18.4 Å². The topological polar surface area (TPSA) is 85.9 Å². The van der Waals surface area contributed by atoms with Crippen LogP contribution in [0.1, 0.15) is 17.5 Å². The predicted molar refractivity (Wildman–Crippen MR) is 49.3 cm³/mol. The standard InChI is InChI=1S/C9H9NO5/c1-2-14-9(12)7(10-13)8(11)6-4-3-5-15-6/h3-5,7H,2H2,1H3. The van der Waals surface area contributed by atoms with Gasteiger partial charge in [-0.05, 0) is 24.2 Å². The second-order valence-electron chi connectivity index (χ2n) is 2.60. The van der Waals surface area contributed by atoms with Gasteiger partial charge in [0, 0.05) is 0 Å². The van der Waals surface area contributed by atoms with Crippen LogP contribution >= 0.6 is 0 Å². The fraction of sp³-hybridized carbons (Fsp3) is 0.333. The number of nitroso groups, excluding NO2 is 1. The summed E-state index contributed by atoms with van der Waals surface area (Å²) in [5.74, 6) is -1.85. The highest BCUT2D eigenvalue weighted by molar-refractivity contribution is 6.10. The molecule has 0 N–H and O–H groups in total. The molecule has 0 spiro atoms. The molecular formula is C9H9NO5. The first kappa shape index (κ1) is 11.1. The van der Waals surface area contributed by atoms with Gasteiger partial charge in [0.25, 0.3) is 6.04 Å². The number of carbonyl (C=O) groups excluding carboxylic acids is 2. The summed E-state index contributed by atoms with van der Waals surface area (Å²) in [6.07, 6.45) is 1.26. The van der Waals surface area contributed by atoms with Crippen LogP contribution in [0.5, 0.6) is 0 Å². The van der Waals surface area contributed by atoms with Crippen molar-refractivity contribution in [3.8, 4) is 0 Å². The van der Waals surface area contributed by atoms with Crippen LogP contribution in [0.4, 0.5) is 0 Å². The highest BCUT2D eigenvalue weighted by Crippen LogP contribution is 2.08. The van der Waals surface area contributed by atoms with Gasteiger partial charge in [0.05, 0.1) is 12.9 Å². The Balaban J connectivity index is 2.79. The fourth-order valence-electron chi connectivity index (χ4n) is 0.973. The predicted octanol–water partition coefficient (Wildman–Crippen LogP) is 1.16. The number of Topliss-reactive ketones (excluding diaryl/α,β-unsaturated/α-hetero) is 1. The minimum atomic E-state index is -1.68. The van der Waals surface area contributed by atoms with E-state index in [4.69, 9.17) is 4.42 Å². The number of ketones is 1. The molecule has 1 rings (SSSR count). The van der Waals surface area contributed by atoms with Crippen molar-refractivity contribution >= 4 is 11.8 Å². The van der Waals surface area contributed by atoms with Crippen molar-refractivity contribution in [1.29, 1.82) is 0 Å². The van der Waals surface area contributed by atoms with Crippen LogP contribution in [0, 0.1) is 4.91 Å². The Morgan fingerprint density at radius 1 is 1.60 bits per heavy atom. The monoisotopic (exact) mass is 211 g/mol. The van der Waals surface area contributed by atoms with Crippen molar-refractivity contribution in [3.05, 3.63) is 29.1 Å². The minimum Gasteiger partial charge on any atom is -0.464 e. The molecule has 0 aliphatic rings. The van der Waals surface area contributed by atoms with E-state index in [0.717, 1.165) is 0 Å². The van der Waals surface area contributed by atoms with Gasteiger partial charge in [0.1, 0.15) is 0 Å². The molecule has 0 radical (unpaired) electrons. The van der Waals surface area contributed by atoms with Gasteiger partial charge >= 0.3 is 5.97 Å². The van der Waals surface area contributed by atoms with Crippen molar-refractivity contribution in [3.63, 3.8) is 0 Å². The molecule has 0 bridgehead atoms. The van der Waals surface area contributed by atoms with E-state index >= 15 is 0 Å². The molecule has 0 saturated heterocycles. The van der Waals surface area contributed by atoms with Crippen LogP contribution in [0.3, 0.4) is 0 Å². The Labute approximate surface area is 85.2 Å².